The number of aromatic nitrogens is 2. The fourth-order valence-corrected chi connectivity index (χ4v) is 3.16. The van der Waals surface area contributed by atoms with Gasteiger partial charge in [0.1, 0.15) is 6.04 Å². The first-order chi connectivity index (χ1) is 16.7. The van der Waals surface area contributed by atoms with Crippen LogP contribution in [-0.2, 0) is 16.1 Å². The smallest absolute Gasteiger partial charge is 0.326 e. The van der Waals surface area contributed by atoms with Crippen molar-refractivity contribution in [3.63, 3.8) is 0 Å². The zero-order valence-corrected chi connectivity index (χ0v) is 18.5. The first kappa shape index (κ1) is 24.8. The van der Waals surface area contributed by atoms with Gasteiger partial charge in [0.05, 0.1) is 11.9 Å². The quantitative estimate of drug-likeness (QED) is 0.290. The van der Waals surface area contributed by atoms with E-state index in [1.807, 2.05) is 30.3 Å². The lowest BCUT2D eigenvalue weighted by molar-refractivity contribution is -0.140. The number of hydrogen-bond acceptors (Lipinski definition) is 7. The first-order valence-electron chi connectivity index (χ1n) is 10.5. The number of nitrogens with two attached hydrogens (primary N) is 1. The van der Waals surface area contributed by atoms with Gasteiger partial charge in [0.25, 0.3) is 11.8 Å². The maximum atomic E-state index is 12.6. The third kappa shape index (κ3) is 6.84. The van der Waals surface area contributed by atoms with Crippen LogP contribution in [0.3, 0.4) is 0 Å². The minimum Gasteiger partial charge on any atom is -0.481 e. The average Bonchev–Trinajstić information content (AvgIpc) is 2.85. The van der Waals surface area contributed by atoms with E-state index in [4.69, 9.17) is 10.8 Å². The number of carbonyl (C=O) groups is 4. The number of nitrogen functional groups attached to an aromatic ring is 1. The first-order valence-corrected chi connectivity index (χ1v) is 10.5. The molecule has 0 spiro atoms. The zero-order valence-electron chi connectivity index (χ0n) is 18.5. The molecule has 0 aliphatic rings. The Morgan fingerprint density at radius 3 is 2.40 bits per heavy atom. The van der Waals surface area contributed by atoms with Crippen LogP contribution in [0.25, 0.3) is 11.3 Å². The van der Waals surface area contributed by atoms with Crippen LogP contribution in [0.4, 0.5) is 5.82 Å². The lowest BCUT2D eigenvalue weighted by Gasteiger charge is -2.14. The van der Waals surface area contributed by atoms with Gasteiger partial charge in [-0.25, -0.2) is 14.8 Å². The Kier molecular flexibility index (Phi) is 8.06. The molecule has 1 unspecified atom stereocenters. The van der Waals surface area contributed by atoms with Crippen LogP contribution < -0.4 is 16.4 Å². The lowest BCUT2D eigenvalue weighted by atomic mass is 10.1. The Morgan fingerprint density at radius 1 is 0.971 bits per heavy atom. The predicted octanol–water partition coefficient (Wildman–Crippen LogP) is 1.70. The number of nitrogens with zero attached hydrogens (tertiary/aromatic N) is 2. The summed E-state index contributed by atoms with van der Waals surface area (Å²) in [6, 6.07) is 14.5. The van der Waals surface area contributed by atoms with Gasteiger partial charge in [-0.05, 0) is 24.1 Å². The van der Waals surface area contributed by atoms with Gasteiger partial charge in [0, 0.05) is 24.1 Å². The van der Waals surface area contributed by atoms with E-state index < -0.39 is 30.3 Å². The van der Waals surface area contributed by atoms with Crippen molar-refractivity contribution in [2.24, 2.45) is 0 Å². The van der Waals surface area contributed by atoms with Gasteiger partial charge in [-0.2, -0.15) is 0 Å². The Bertz CT molecular complexity index is 1250. The summed E-state index contributed by atoms with van der Waals surface area (Å²) in [6.07, 6.45) is 0.563. The standard InChI is InChI=1S/C24H23N5O6/c25-21-20(23(33)29-17(24(34)35)9-10-19(30)31)28-18(13-26-21)15-7-4-8-16(11-15)22(32)27-12-14-5-2-1-3-6-14/h1-8,11,13,17H,9-10,12H2,(H2,25,26)(H,27,32)(H,29,33)(H,30,31)(H,34,35). The molecule has 6 N–H and O–H groups in total. The van der Waals surface area contributed by atoms with Gasteiger partial charge in [-0.1, -0.05) is 42.5 Å². The van der Waals surface area contributed by atoms with Crippen LogP contribution in [0.1, 0.15) is 39.3 Å². The maximum absolute atomic E-state index is 12.6. The lowest BCUT2D eigenvalue weighted by Crippen LogP contribution is -2.41. The van der Waals surface area contributed by atoms with E-state index in [9.17, 15) is 24.3 Å². The molecule has 3 aromatic rings. The number of hydrogen-bond donors (Lipinski definition) is 5. The Hall–Kier alpha value is -4.80. The second-order valence-electron chi connectivity index (χ2n) is 7.53. The normalized spacial score (nSPS) is 11.3. The summed E-state index contributed by atoms with van der Waals surface area (Å²) >= 11 is 0. The molecule has 0 aliphatic carbocycles. The van der Waals surface area contributed by atoms with Crippen molar-refractivity contribution in [3.05, 3.63) is 77.6 Å². The molecular weight excluding hydrogens is 454 g/mol. The average molecular weight is 477 g/mol. The van der Waals surface area contributed by atoms with Crippen LogP contribution in [0, 0.1) is 0 Å². The monoisotopic (exact) mass is 477 g/mol. The number of rotatable bonds is 10. The largest absolute Gasteiger partial charge is 0.481 e. The Labute approximate surface area is 200 Å². The fraction of sp³-hybridized carbons (Fsp3) is 0.167. The molecule has 35 heavy (non-hydrogen) atoms. The van der Waals surface area contributed by atoms with Gasteiger partial charge in [-0.15, -0.1) is 0 Å². The molecule has 2 amide bonds. The number of amides is 2. The summed E-state index contributed by atoms with van der Waals surface area (Å²) < 4.78 is 0. The minimum absolute atomic E-state index is 0.231. The highest BCUT2D eigenvalue weighted by Gasteiger charge is 2.24. The molecule has 0 aliphatic heterocycles. The van der Waals surface area contributed by atoms with Gasteiger partial charge >= 0.3 is 11.9 Å². The summed E-state index contributed by atoms with van der Waals surface area (Å²) in [4.78, 5) is 55.5. The summed E-state index contributed by atoms with van der Waals surface area (Å²) in [5.41, 5.74) is 7.49. The molecular formula is C24H23N5O6. The summed E-state index contributed by atoms with van der Waals surface area (Å²) in [7, 11) is 0. The molecule has 2 aromatic carbocycles. The van der Waals surface area contributed by atoms with Crippen LogP contribution >= 0.6 is 0 Å². The molecule has 0 saturated heterocycles. The predicted molar refractivity (Wildman–Crippen MR) is 125 cm³/mol. The molecule has 0 saturated carbocycles. The minimum atomic E-state index is -1.44. The molecule has 11 heteroatoms. The summed E-state index contributed by atoms with van der Waals surface area (Å²) in [5, 5.41) is 23.1. The van der Waals surface area contributed by atoms with E-state index >= 15 is 0 Å². The van der Waals surface area contributed by atoms with Crippen LogP contribution in [0.15, 0.2) is 60.8 Å². The second kappa shape index (κ2) is 11.4. The topological polar surface area (TPSA) is 185 Å². The van der Waals surface area contributed by atoms with E-state index in [1.54, 1.807) is 24.3 Å². The molecule has 11 nitrogen and oxygen atoms in total. The van der Waals surface area contributed by atoms with E-state index in [-0.39, 0.29) is 29.5 Å². The SMILES string of the molecule is Nc1ncc(-c2cccc(C(=O)NCc3ccccc3)c2)nc1C(=O)NC(CCC(=O)O)C(=O)O. The van der Waals surface area contributed by atoms with E-state index in [2.05, 4.69) is 20.6 Å². The van der Waals surface area contributed by atoms with Crippen molar-refractivity contribution in [1.82, 2.24) is 20.6 Å². The van der Waals surface area contributed by atoms with Gasteiger partial charge in [-0.3, -0.25) is 14.4 Å². The summed E-state index contributed by atoms with van der Waals surface area (Å²) in [6.45, 7) is 0.350. The number of nitrogens with one attached hydrogen (secondary N) is 2. The molecule has 0 bridgehead atoms. The number of carboxylic acids is 2. The maximum Gasteiger partial charge on any atom is 0.326 e. The third-order valence-corrected chi connectivity index (χ3v) is 4.98. The zero-order chi connectivity index (χ0) is 25.4. The summed E-state index contributed by atoms with van der Waals surface area (Å²) in [5.74, 6) is -4.03. The van der Waals surface area contributed by atoms with Gasteiger partial charge < -0.3 is 26.6 Å². The van der Waals surface area contributed by atoms with Gasteiger partial charge in [0.15, 0.2) is 11.5 Å². The molecule has 0 fully saturated rings. The van der Waals surface area contributed by atoms with Crippen molar-refractivity contribution < 1.29 is 29.4 Å². The number of benzene rings is 2. The number of carboxylic acid groups (broad SMARTS) is 2. The van der Waals surface area contributed by atoms with Crippen molar-refractivity contribution >= 4 is 29.6 Å². The highest BCUT2D eigenvalue weighted by molar-refractivity contribution is 5.99. The number of aliphatic carboxylic acids is 2. The van der Waals surface area contributed by atoms with Gasteiger partial charge in [0.2, 0.25) is 0 Å². The number of anilines is 1. The Morgan fingerprint density at radius 2 is 1.71 bits per heavy atom. The molecule has 3 rings (SSSR count). The van der Waals surface area contributed by atoms with E-state index in [1.165, 1.54) is 6.20 Å². The highest BCUT2D eigenvalue weighted by Crippen LogP contribution is 2.20. The second-order valence-corrected chi connectivity index (χ2v) is 7.53. The number of carbonyl (C=O) groups excluding carboxylic acids is 2. The van der Waals surface area contributed by atoms with Crippen molar-refractivity contribution in [1.29, 1.82) is 0 Å². The molecule has 1 aromatic heterocycles. The molecule has 180 valence electrons. The fourth-order valence-electron chi connectivity index (χ4n) is 3.16. The van der Waals surface area contributed by atoms with Crippen molar-refractivity contribution in [2.45, 2.75) is 25.4 Å². The van der Waals surface area contributed by atoms with Crippen LogP contribution in [0.5, 0.6) is 0 Å². The van der Waals surface area contributed by atoms with E-state index in [0.29, 0.717) is 17.7 Å². The third-order valence-electron chi connectivity index (χ3n) is 4.98. The molecule has 0 radical (unpaired) electrons. The highest BCUT2D eigenvalue weighted by atomic mass is 16.4. The molecule has 1 atom stereocenters. The van der Waals surface area contributed by atoms with Crippen LogP contribution in [0.2, 0.25) is 0 Å². The molecule has 1 heterocycles. The van der Waals surface area contributed by atoms with Crippen molar-refractivity contribution in [3.8, 4) is 11.3 Å². The Balaban J connectivity index is 1.77. The van der Waals surface area contributed by atoms with E-state index in [0.717, 1.165) is 5.56 Å². The van der Waals surface area contributed by atoms with Crippen molar-refractivity contribution in [2.75, 3.05) is 5.73 Å². The van der Waals surface area contributed by atoms with Crippen LogP contribution in [-0.4, -0.2) is 50.0 Å².